The molecule has 2 N–H and O–H groups in total. The predicted octanol–water partition coefficient (Wildman–Crippen LogP) is 3.19. The molecule has 1 aliphatic rings. The highest BCUT2D eigenvalue weighted by Gasteiger charge is 2.31. The Labute approximate surface area is 127 Å². The van der Waals surface area contributed by atoms with Crippen LogP contribution in [0.1, 0.15) is 31.7 Å². The lowest BCUT2D eigenvalue weighted by atomic mass is 10.1. The molecule has 1 aliphatic heterocycles. The van der Waals surface area contributed by atoms with Crippen molar-refractivity contribution >= 4 is 55.1 Å². The molecule has 0 bridgehead atoms. The quantitative estimate of drug-likeness (QED) is 0.768. The van der Waals surface area contributed by atoms with Crippen molar-refractivity contribution in [1.82, 2.24) is 10.6 Å². The van der Waals surface area contributed by atoms with Gasteiger partial charge < -0.3 is 5.32 Å². The molecule has 0 radical (unpaired) electrons. The molecule has 7 heteroatoms. The first-order valence-corrected chi connectivity index (χ1v) is 7.78. The molecule has 0 spiro atoms. The smallest absolute Gasteiger partial charge is 0.257 e. The third kappa shape index (κ3) is 3.13. The minimum Gasteiger partial charge on any atom is -0.351 e. The summed E-state index contributed by atoms with van der Waals surface area (Å²) < 4.78 is 1.92. The summed E-state index contributed by atoms with van der Waals surface area (Å²) in [6, 6.07) is 1.46. The Kier molecular flexibility index (Phi) is 3.85. The zero-order valence-corrected chi connectivity index (χ0v) is 14.2. The van der Waals surface area contributed by atoms with Gasteiger partial charge in [0.25, 0.3) is 5.91 Å². The van der Waals surface area contributed by atoms with Gasteiger partial charge in [-0.2, -0.15) is 0 Å². The molecular formula is C11H13Br2N3OS. The number of nitrogens with zero attached hydrogens (tertiary/aromatic N) is 1. The first-order valence-electron chi connectivity index (χ1n) is 5.38. The molecule has 1 aromatic heterocycles. The monoisotopic (exact) mass is 393 g/mol. The average Bonchev–Trinajstić information content (AvgIpc) is 2.69. The topological polar surface area (TPSA) is 53.5 Å². The van der Waals surface area contributed by atoms with Crippen LogP contribution in [-0.2, 0) is 4.79 Å². The highest BCUT2D eigenvalue weighted by Crippen LogP contribution is 2.37. The summed E-state index contributed by atoms with van der Waals surface area (Å²) in [5.41, 5.74) is -0.127. The Morgan fingerprint density at radius 3 is 2.61 bits per heavy atom. The van der Waals surface area contributed by atoms with Crippen molar-refractivity contribution in [2.75, 3.05) is 0 Å². The maximum absolute atomic E-state index is 11.9. The maximum atomic E-state index is 11.9. The molecule has 2 rings (SSSR count). The minimum absolute atomic E-state index is 0.0944. The van der Waals surface area contributed by atoms with Crippen molar-refractivity contribution < 1.29 is 4.79 Å². The van der Waals surface area contributed by atoms with E-state index in [2.05, 4.69) is 47.5 Å². The normalized spacial score (nSPS) is 19.7. The Morgan fingerprint density at radius 2 is 2.11 bits per heavy atom. The van der Waals surface area contributed by atoms with Crippen LogP contribution in [0.3, 0.4) is 0 Å². The Hall–Kier alpha value is -0.400. The fourth-order valence-electron chi connectivity index (χ4n) is 1.51. The molecule has 1 aromatic rings. The van der Waals surface area contributed by atoms with Crippen LogP contribution >= 0.6 is 43.2 Å². The fourth-order valence-corrected chi connectivity index (χ4v) is 3.64. The van der Waals surface area contributed by atoms with E-state index >= 15 is 0 Å². The largest absolute Gasteiger partial charge is 0.351 e. The molecule has 0 aliphatic carbocycles. The summed E-state index contributed by atoms with van der Waals surface area (Å²) in [4.78, 5) is 17.2. The number of rotatable bonds is 1. The van der Waals surface area contributed by atoms with E-state index in [1.165, 1.54) is 11.3 Å². The van der Waals surface area contributed by atoms with Crippen LogP contribution in [0.2, 0.25) is 0 Å². The summed E-state index contributed by atoms with van der Waals surface area (Å²) in [5, 5.41) is 5.93. The Balaban J connectivity index is 2.22. The van der Waals surface area contributed by atoms with Crippen molar-refractivity contribution in [3.05, 3.63) is 19.2 Å². The highest BCUT2D eigenvalue weighted by molar-refractivity contribution is 9.13. The Morgan fingerprint density at radius 1 is 1.44 bits per heavy atom. The van der Waals surface area contributed by atoms with E-state index in [0.717, 1.165) is 13.1 Å². The number of nitrogens with one attached hydrogen (secondary N) is 2. The van der Waals surface area contributed by atoms with Gasteiger partial charge >= 0.3 is 0 Å². The standard InChI is InChI=1S/C11H13Br2N3OS/c1-11(2,3)16-10-14-7(9(17)15-10)6-4-5(12)8(13)18-6/h4,7H,1-3H3,(H2,14,15,16,17). The second kappa shape index (κ2) is 4.94. The number of aliphatic imine (C=N–C) groups is 1. The van der Waals surface area contributed by atoms with Gasteiger partial charge in [-0.3, -0.25) is 10.1 Å². The molecule has 1 atom stereocenters. The number of hydrogen-bond acceptors (Lipinski definition) is 4. The van der Waals surface area contributed by atoms with Gasteiger partial charge in [-0.05, 0) is 58.7 Å². The van der Waals surface area contributed by atoms with Gasteiger partial charge in [-0.1, -0.05) is 0 Å². The van der Waals surface area contributed by atoms with Crippen LogP contribution in [0.25, 0.3) is 0 Å². The van der Waals surface area contributed by atoms with E-state index in [-0.39, 0.29) is 11.4 Å². The lowest BCUT2D eigenvalue weighted by molar-refractivity contribution is -0.120. The van der Waals surface area contributed by atoms with Gasteiger partial charge in [-0.15, -0.1) is 11.3 Å². The van der Waals surface area contributed by atoms with Crippen LogP contribution in [0.15, 0.2) is 19.3 Å². The zero-order valence-electron chi connectivity index (χ0n) is 10.2. The third-order valence-corrected chi connectivity index (χ3v) is 5.48. The molecule has 1 amide bonds. The minimum atomic E-state index is -0.456. The van der Waals surface area contributed by atoms with E-state index in [1.807, 2.05) is 26.8 Å². The van der Waals surface area contributed by atoms with Crippen LogP contribution in [0.4, 0.5) is 0 Å². The highest BCUT2D eigenvalue weighted by atomic mass is 79.9. The molecule has 0 fully saturated rings. The number of halogens is 2. The SMILES string of the molecule is CC(C)(C)NC1=NC(c2cc(Br)c(Br)s2)C(=O)N1. The Bertz CT molecular complexity index is 499. The van der Waals surface area contributed by atoms with Gasteiger partial charge in [-0.25, -0.2) is 4.99 Å². The van der Waals surface area contributed by atoms with E-state index in [9.17, 15) is 4.79 Å². The van der Waals surface area contributed by atoms with Crippen molar-refractivity contribution in [2.45, 2.75) is 32.4 Å². The molecule has 2 heterocycles. The second-order valence-electron chi connectivity index (χ2n) is 5.01. The molecule has 98 valence electrons. The lowest BCUT2D eigenvalue weighted by Gasteiger charge is -2.21. The summed E-state index contributed by atoms with van der Waals surface area (Å²) >= 11 is 8.35. The van der Waals surface area contributed by atoms with Crippen molar-refractivity contribution in [3.8, 4) is 0 Å². The lowest BCUT2D eigenvalue weighted by Crippen LogP contribution is -2.46. The van der Waals surface area contributed by atoms with E-state index in [4.69, 9.17) is 0 Å². The van der Waals surface area contributed by atoms with Gasteiger partial charge in [0.2, 0.25) is 0 Å². The van der Waals surface area contributed by atoms with Crippen molar-refractivity contribution in [3.63, 3.8) is 0 Å². The number of amides is 1. The number of hydrogen-bond donors (Lipinski definition) is 2. The van der Waals surface area contributed by atoms with Crippen molar-refractivity contribution in [1.29, 1.82) is 0 Å². The van der Waals surface area contributed by atoms with Gasteiger partial charge in [0.1, 0.15) is 0 Å². The van der Waals surface area contributed by atoms with Crippen LogP contribution in [0, 0.1) is 0 Å². The first-order chi connectivity index (χ1) is 8.26. The molecular weight excluding hydrogens is 382 g/mol. The summed E-state index contributed by atoms with van der Waals surface area (Å²) in [7, 11) is 0. The molecule has 0 saturated carbocycles. The summed E-state index contributed by atoms with van der Waals surface area (Å²) in [5.74, 6) is 0.446. The van der Waals surface area contributed by atoms with Crippen molar-refractivity contribution in [2.24, 2.45) is 4.99 Å². The fraction of sp³-hybridized carbons (Fsp3) is 0.455. The van der Waals surface area contributed by atoms with E-state index < -0.39 is 6.04 Å². The molecule has 18 heavy (non-hydrogen) atoms. The van der Waals surface area contributed by atoms with Crippen LogP contribution in [0.5, 0.6) is 0 Å². The van der Waals surface area contributed by atoms with Gasteiger partial charge in [0, 0.05) is 14.9 Å². The van der Waals surface area contributed by atoms with Gasteiger partial charge in [0.05, 0.1) is 3.79 Å². The molecule has 4 nitrogen and oxygen atoms in total. The van der Waals surface area contributed by atoms with E-state index in [0.29, 0.717) is 5.96 Å². The molecule has 0 saturated heterocycles. The summed E-state index contributed by atoms with van der Waals surface area (Å²) in [6.07, 6.45) is 0. The molecule has 0 aromatic carbocycles. The first kappa shape index (κ1) is 14.0. The third-order valence-electron chi connectivity index (χ3n) is 2.18. The van der Waals surface area contributed by atoms with Crippen LogP contribution < -0.4 is 10.6 Å². The zero-order chi connectivity index (χ0) is 13.5. The predicted molar refractivity (Wildman–Crippen MR) is 80.9 cm³/mol. The molecule has 1 unspecified atom stereocenters. The number of guanidine groups is 1. The number of thiophene rings is 1. The number of carbonyl (C=O) groups is 1. The number of carbonyl (C=O) groups excluding carboxylic acids is 1. The average molecular weight is 395 g/mol. The van der Waals surface area contributed by atoms with Gasteiger partial charge in [0.15, 0.2) is 12.0 Å². The second-order valence-corrected chi connectivity index (χ2v) is 8.27. The van der Waals surface area contributed by atoms with E-state index in [1.54, 1.807) is 0 Å². The maximum Gasteiger partial charge on any atom is 0.257 e. The summed E-state index contributed by atoms with van der Waals surface area (Å²) in [6.45, 7) is 6.06. The van der Waals surface area contributed by atoms with Crippen LogP contribution in [-0.4, -0.2) is 17.4 Å².